The number of hydrogen-bond acceptors (Lipinski definition) is 3. The van der Waals surface area contributed by atoms with Crippen LogP contribution < -0.4 is 5.32 Å². The van der Waals surface area contributed by atoms with Crippen molar-refractivity contribution >= 4 is 11.7 Å². The van der Waals surface area contributed by atoms with Crippen molar-refractivity contribution in [2.45, 2.75) is 25.8 Å². The van der Waals surface area contributed by atoms with Crippen LogP contribution in [-0.4, -0.2) is 28.5 Å². The molecule has 1 aromatic heterocycles. The van der Waals surface area contributed by atoms with Gasteiger partial charge in [0.15, 0.2) is 0 Å². The monoisotopic (exact) mass is 350 g/mol. The number of nitrogens with one attached hydrogen (secondary N) is 1. The van der Waals surface area contributed by atoms with Crippen molar-refractivity contribution in [1.82, 2.24) is 9.88 Å². The van der Waals surface area contributed by atoms with Crippen molar-refractivity contribution in [3.63, 3.8) is 0 Å². The number of anilines is 1. The third-order valence-electron chi connectivity index (χ3n) is 5.47. The fourth-order valence-electron chi connectivity index (χ4n) is 4.13. The lowest BCUT2D eigenvalue weighted by Gasteiger charge is -2.29. The van der Waals surface area contributed by atoms with Gasteiger partial charge in [0.1, 0.15) is 5.82 Å². The van der Waals surface area contributed by atoms with Crippen molar-refractivity contribution in [2.75, 3.05) is 11.9 Å². The molecule has 1 aromatic carbocycles. The summed E-state index contributed by atoms with van der Waals surface area (Å²) in [6.07, 6.45) is 4.46. The first-order chi connectivity index (χ1) is 12.5. The normalized spacial score (nSPS) is 23.7. The summed E-state index contributed by atoms with van der Waals surface area (Å²) in [5, 5.41) is 12.1. The van der Waals surface area contributed by atoms with E-state index in [0.717, 1.165) is 24.0 Å². The molecule has 2 aromatic rings. The number of halogens is 1. The standard InChI is InChI=1S/C20H19FN4O/c1-12-2-3-17(7-19(12)14-4-16(21)10-23-9-14)24-20(26)25-11-15-6-18(25)5-13(15)8-22/h2-4,7,9-10,13,15,18H,5-6,11H2,1H3,(H,24,26)/t13-,15-,18+/m0/s1. The molecule has 5 nitrogen and oxygen atoms in total. The van der Waals surface area contributed by atoms with Gasteiger partial charge in [-0.2, -0.15) is 5.26 Å². The Bertz CT molecular complexity index is 907. The Hall–Kier alpha value is -2.94. The minimum atomic E-state index is -0.392. The summed E-state index contributed by atoms with van der Waals surface area (Å²) in [6.45, 7) is 2.58. The molecule has 4 rings (SSSR count). The van der Waals surface area contributed by atoms with Crippen LogP contribution in [0.4, 0.5) is 14.9 Å². The number of piperidine rings is 1. The highest BCUT2D eigenvalue weighted by atomic mass is 19.1. The van der Waals surface area contributed by atoms with Crippen LogP contribution in [0.3, 0.4) is 0 Å². The number of nitrogens with zero attached hydrogens (tertiary/aromatic N) is 3. The first kappa shape index (κ1) is 16.5. The average Bonchev–Trinajstić information content (AvgIpc) is 3.23. The molecule has 0 radical (unpaired) electrons. The lowest BCUT2D eigenvalue weighted by Crippen LogP contribution is -2.42. The van der Waals surface area contributed by atoms with E-state index < -0.39 is 5.82 Å². The fraction of sp³-hybridized carbons (Fsp3) is 0.350. The molecule has 26 heavy (non-hydrogen) atoms. The summed E-state index contributed by atoms with van der Waals surface area (Å²) in [5.74, 6) is -0.0188. The van der Waals surface area contributed by atoms with Gasteiger partial charge in [0.2, 0.25) is 0 Å². The summed E-state index contributed by atoms with van der Waals surface area (Å²) in [4.78, 5) is 18.4. The van der Waals surface area contributed by atoms with Crippen molar-refractivity contribution in [3.05, 3.63) is 48.0 Å². The molecule has 1 aliphatic heterocycles. The number of nitriles is 1. The molecule has 1 saturated carbocycles. The minimum Gasteiger partial charge on any atom is -0.321 e. The molecule has 2 amide bonds. The second kappa shape index (κ2) is 6.41. The van der Waals surface area contributed by atoms with Crippen LogP contribution in [0, 0.1) is 35.9 Å². The third-order valence-corrected chi connectivity index (χ3v) is 5.47. The number of hydrogen-bond donors (Lipinski definition) is 1. The number of likely N-dealkylation sites (tertiary alicyclic amines) is 1. The van der Waals surface area contributed by atoms with Gasteiger partial charge >= 0.3 is 6.03 Å². The van der Waals surface area contributed by atoms with Crippen LogP contribution in [0.2, 0.25) is 0 Å². The summed E-state index contributed by atoms with van der Waals surface area (Å²) < 4.78 is 13.5. The van der Waals surface area contributed by atoms with Gasteiger partial charge in [0, 0.05) is 30.0 Å². The molecule has 132 valence electrons. The van der Waals surface area contributed by atoms with E-state index in [4.69, 9.17) is 5.26 Å². The number of benzene rings is 1. The molecule has 2 bridgehead atoms. The Morgan fingerprint density at radius 2 is 2.19 bits per heavy atom. The van der Waals surface area contributed by atoms with Gasteiger partial charge in [-0.1, -0.05) is 6.07 Å². The third kappa shape index (κ3) is 2.90. The molecule has 3 atom stereocenters. The zero-order valence-corrected chi connectivity index (χ0v) is 14.4. The first-order valence-corrected chi connectivity index (χ1v) is 8.74. The van der Waals surface area contributed by atoms with Crippen LogP contribution >= 0.6 is 0 Å². The van der Waals surface area contributed by atoms with Crippen molar-refractivity contribution in [2.24, 2.45) is 11.8 Å². The highest BCUT2D eigenvalue weighted by Gasteiger charge is 2.46. The van der Waals surface area contributed by atoms with E-state index in [1.54, 1.807) is 6.20 Å². The van der Waals surface area contributed by atoms with Gasteiger partial charge in [-0.05, 0) is 55.0 Å². The van der Waals surface area contributed by atoms with Crippen LogP contribution in [0.1, 0.15) is 18.4 Å². The second-order valence-electron chi connectivity index (χ2n) is 7.12. The quantitative estimate of drug-likeness (QED) is 0.891. The van der Waals surface area contributed by atoms with E-state index in [1.165, 1.54) is 12.3 Å². The molecular formula is C20H19FN4O. The highest BCUT2D eigenvalue weighted by molar-refractivity contribution is 5.91. The van der Waals surface area contributed by atoms with Crippen molar-refractivity contribution in [1.29, 1.82) is 5.26 Å². The number of amides is 2. The van der Waals surface area contributed by atoms with Crippen LogP contribution in [0.15, 0.2) is 36.7 Å². The number of carbonyl (C=O) groups is 1. The Balaban J connectivity index is 1.52. The number of aryl methyl sites for hydroxylation is 1. The van der Waals surface area contributed by atoms with E-state index in [-0.39, 0.29) is 18.0 Å². The average molecular weight is 350 g/mol. The van der Waals surface area contributed by atoms with Crippen molar-refractivity contribution in [3.8, 4) is 17.2 Å². The maximum absolute atomic E-state index is 13.5. The number of carbonyl (C=O) groups excluding carboxylic acids is 1. The number of fused-ring (bicyclic) bond motifs is 2. The second-order valence-corrected chi connectivity index (χ2v) is 7.12. The van der Waals surface area contributed by atoms with Gasteiger partial charge in [0.05, 0.1) is 18.2 Å². The smallest absolute Gasteiger partial charge is 0.321 e. The maximum atomic E-state index is 13.5. The van der Waals surface area contributed by atoms with Crippen LogP contribution in [0.25, 0.3) is 11.1 Å². The molecule has 0 unspecified atom stereocenters. The molecule has 1 saturated heterocycles. The van der Waals surface area contributed by atoms with E-state index in [9.17, 15) is 9.18 Å². The van der Waals surface area contributed by atoms with Crippen LogP contribution in [-0.2, 0) is 0 Å². The summed E-state index contributed by atoms with van der Waals surface area (Å²) in [6, 6.07) is 9.38. The largest absolute Gasteiger partial charge is 0.322 e. The number of urea groups is 1. The number of pyridine rings is 1. The Morgan fingerprint density at radius 1 is 1.35 bits per heavy atom. The summed E-state index contributed by atoms with van der Waals surface area (Å²) >= 11 is 0. The van der Waals surface area contributed by atoms with Gasteiger partial charge in [0.25, 0.3) is 0 Å². The van der Waals surface area contributed by atoms with Gasteiger partial charge in [-0.15, -0.1) is 0 Å². The molecular weight excluding hydrogens is 331 g/mol. The molecule has 1 aliphatic carbocycles. The zero-order valence-electron chi connectivity index (χ0n) is 14.4. The Morgan fingerprint density at radius 3 is 2.88 bits per heavy atom. The van der Waals surface area contributed by atoms with E-state index >= 15 is 0 Å². The van der Waals surface area contributed by atoms with Gasteiger partial charge in [-0.25, -0.2) is 9.18 Å². The first-order valence-electron chi connectivity index (χ1n) is 8.74. The topological polar surface area (TPSA) is 69.0 Å². The lowest BCUT2D eigenvalue weighted by molar-refractivity contribution is 0.187. The van der Waals surface area contributed by atoms with E-state index in [2.05, 4.69) is 16.4 Å². The minimum absolute atomic E-state index is 0.0792. The molecule has 6 heteroatoms. The SMILES string of the molecule is Cc1ccc(NC(=O)N2C[C@@H]3C[C@H]2C[C@H]3C#N)cc1-c1cncc(F)c1. The molecule has 1 N–H and O–H groups in total. The molecule has 2 aliphatic rings. The molecule has 0 spiro atoms. The summed E-state index contributed by atoms with van der Waals surface area (Å²) in [5.41, 5.74) is 3.16. The highest BCUT2D eigenvalue weighted by Crippen LogP contribution is 2.42. The van der Waals surface area contributed by atoms with E-state index in [0.29, 0.717) is 23.7 Å². The Labute approximate surface area is 151 Å². The predicted molar refractivity (Wildman–Crippen MR) is 95.7 cm³/mol. The number of aromatic nitrogens is 1. The predicted octanol–water partition coefficient (Wildman–Crippen LogP) is 3.96. The maximum Gasteiger partial charge on any atom is 0.322 e. The van der Waals surface area contributed by atoms with Crippen LogP contribution in [0.5, 0.6) is 0 Å². The zero-order chi connectivity index (χ0) is 18.3. The van der Waals surface area contributed by atoms with Crippen molar-refractivity contribution < 1.29 is 9.18 Å². The van der Waals surface area contributed by atoms with Gasteiger partial charge in [-0.3, -0.25) is 4.98 Å². The molecule has 2 heterocycles. The lowest BCUT2D eigenvalue weighted by atomic mass is 9.96. The fourth-order valence-corrected chi connectivity index (χ4v) is 4.13. The Kier molecular flexibility index (Phi) is 4.08. The van der Waals surface area contributed by atoms with E-state index in [1.807, 2.05) is 30.0 Å². The van der Waals surface area contributed by atoms with Gasteiger partial charge < -0.3 is 10.2 Å². The summed E-state index contributed by atoms with van der Waals surface area (Å²) in [7, 11) is 0. The number of rotatable bonds is 2. The molecule has 2 fully saturated rings.